The summed E-state index contributed by atoms with van der Waals surface area (Å²) < 4.78 is 84.4. The molecule has 39 heteroatoms. The molecule has 12 aliphatic rings. The number of unbranched alkanes of at least 4 members (excludes halogenated alkanes) is 9. The molecule has 1 amide bonds. The van der Waals surface area contributed by atoms with Gasteiger partial charge in [0.15, 0.2) is 49.9 Å². The van der Waals surface area contributed by atoms with E-state index >= 15 is 4.79 Å². The van der Waals surface area contributed by atoms with E-state index < -0.39 is 311 Å². The van der Waals surface area contributed by atoms with Crippen LogP contribution in [0.25, 0.3) is 0 Å². The Balaban J connectivity index is 0.758. The van der Waals surface area contributed by atoms with Crippen LogP contribution in [0.4, 0.5) is 0 Å². The standard InChI is InChI=1S/C82H135NO38/c1-36-63(116-70-57(99)50(92)39(88)33-109-70)56(98)61(103)72(111-36)119-66-54(96)49(83-48(91)18-16-14-12-10-8-9-11-13-15-17-27-108-69-59(101)53(95)43(32-86)113-69)41(30-84)112-74(66)121-76(107)82-26-25-77(2,3)28-38(82)37-19-20-45-78(4)23-22-47(79(5,35-87)44(78)21-24-80(45,6)81(37,7)29-46(82)90)115-75-67(120-73-60(102)55(97)52(94)42(31-85)114-73)64(62(104)65(118-75)68(105)106)117-71-58(100)51(93)40(89)34-110-71/h19,36,38-47,49-67,69-75,84-90,92-104H,8-18,20-35H2,1-7H3,(H,83,91)(H,105,106)/t36-,38?,39+,40+,41+,42+,43-,44?,45?,46+,47-,49-,50-,51-,52-,53-,54-,55-,56-,57+,58+,59+,60+,61+,62-,63-,64-,65-,66+,67+,69+,70+,71-,72-,73+,74-,75+,78-,79-,80+,81+,82+/m0/s1. The lowest BCUT2D eigenvalue weighted by molar-refractivity contribution is -0.393. The first-order valence-electron chi connectivity index (χ1n) is 43.4. The Morgan fingerprint density at radius 1 is 0.479 bits per heavy atom. The molecule has 7 saturated heterocycles. The smallest absolute Gasteiger partial charge is 0.335 e. The third-order valence-corrected chi connectivity index (χ3v) is 29.9. The average molecular weight is 1740 g/mol. The predicted octanol–water partition coefficient (Wildman–Crippen LogP) is -4.18. The third-order valence-electron chi connectivity index (χ3n) is 29.9. The lowest BCUT2D eigenvalue weighted by Gasteiger charge is -2.72. The molecule has 4 saturated carbocycles. The van der Waals surface area contributed by atoms with Crippen LogP contribution in [0.2, 0.25) is 0 Å². The summed E-state index contributed by atoms with van der Waals surface area (Å²) in [7, 11) is 0. The summed E-state index contributed by atoms with van der Waals surface area (Å²) >= 11 is 0. The highest BCUT2D eigenvalue weighted by Gasteiger charge is 2.73. The number of aliphatic hydroxyl groups excluding tert-OH is 20. The molecule has 39 nitrogen and oxygen atoms in total. The fraction of sp³-hybridized carbons (Fsp3) is 0.939. The Morgan fingerprint density at radius 3 is 1.61 bits per heavy atom. The van der Waals surface area contributed by atoms with Gasteiger partial charge in [0.1, 0.15) is 134 Å². The zero-order valence-electron chi connectivity index (χ0n) is 69.9. The van der Waals surface area contributed by atoms with Crippen LogP contribution < -0.4 is 5.32 Å². The molecule has 696 valence electrons. The first kappa shape index (κ1) is 96.9. The van der Waals surface area contributed by atoms with E-state index in [-0.39, 0.29) is 31.6 Å². The molecule has 11 fully saturated rings. The van der Waals surface area contributed by atoms with Crippen LogP contribution in [-0.2, 0) is 80.7 Å². The van der Waals surface area contributed by atoms with Gasteiger partial charge in [0.25, 0.3) is 0 Å². The number of nitrogens with one attached hydrogen (secondary N) is 1. The Morgan fingerprint density at radius 2 is 1.01 bits per heavy atom. The number of allylic oxidation sites excluding steroid dienone is 2. The van der Waals surface area contributed by atoms with Gasteiger partial charge in [0.2, 0.25) is 12.2 Å². The van der Waals surface area contributed by atoms with Gasteiger partial charge in [-0.3, -0.25) is 9.59 Å². The quantitative estimate of drug-likeness (QED) is 0.0131. The lowest BCUT2D eigenvalue weighted by Crippen LogP contribution is -2.70. The van der Waals surface area contributed by atoms with Crippen LogP contribution in [0.3, 0.4) is 0 Å². The van der Waals surface area contributed by atoms with Crippen molar-refractivity contribution >= 4 is 17.8 Å². The summed E-state index contributed by atoms with van der Waals surface area (Å²) in [4.78, 5) is 43.2. The molecule has 5 aliphatic carbocycles. The minimum atomic E-state index is -2.22. The van der Waals surface area contributed by atoms with Crippen molar-refractivity contribution in [1.82, 2.24) is 5.32 Å². The number of carbonyl (C=O) groups excluding carboxylic acids is 2. The van der Waals surface area contributed by atoms with Gasteiger partial charge in [-0.25, -0.2) is 4.79 Å². The Hall–Kier alpha value is -3.17. The van der Waals surface area contributed by atoms with Gasteiger partial charge >= 0.3 is 11.9 Å². The number of carbonyl (C=O) groups is 3. The summed E-state index contributed by atoms with van der Waals surface area (Å²) in [6.07, 6.45) is -43.0. The van der Waals surface area contributed by atoms with Gasteiger partial charge in [-0.2, -0.15) is 0 Å². The lowest BCUT2D eigenvalue weighted by atomic mass is 9.33. The van der Waals surface area contributed by atoms with Crippen molar-refractivity contribution in [1.29, 1.82) is 0 Å². The van der Waals surface area contributed by atoms with Gasteiger partial charge in [-0.05, 0) is 117 Å². The van der Waals surface area contributed by atoms with E-state index in [2.05, 4.69) is 46.0 Å². The van der Waals surface area contributed by atoms with Crippen molar-refractivity contribution in [2.75, 3.05) is 46.2 Å². The molecule has 0 spiro atoms. The molecule has 0 bridgehead atoms. The van der Waals surface area contributed by atoms with Crippen LogP contribution in [0.5, 0.6) is 0 Å². The number of hydrogen-bond donors (Lipinski definition) is 22. The number of esters is 1. The molecule has 22 N–H and O–H groups in total. The monoisotopic (exact) mass is 1740 g/mol. The molecule has 121 heavy (non-hydrogen) atoms. The number of carboxylic acid groups (broad SMARTS) is 1. The van der Waals surface area contributed by atoms with Crippen LogP contribution in [0.1, 0.15) is 177 Å². The van der Waals surface area contributed by atoms with Crippen LogP contribution in [0, 0.1) is 50.2 Å². The Bertz CT molecular complexity index is 3420. The van der Waals surface area contributed by atoms with E-state index in [0.717, 1.165) is 56.9 Å². The number of aliphatic carboxylic acids is 1. The molecule has 12 rings (SSSR count). The molecule has 0 aromatic heterocycles. The second kappa shape index (κ2) is 39.6. The van der Waals surface area contributed by atoms with E-state index in [0.29, 0.717) is 58.0 Å². The third kappa shape index (κ3) is 19.0. The molecular formula is C82H135NO38. The van der Waals surface area contributed by atoms with E-state index in [9.17, 15) is 117 Å². The highest BCUT2D eigenvalue weighted by Crippen LogP contribution is 2.76. The first-order valence-corrected chi connectivity index (χ1v) is 43.4. The molecular weight excluding hydrogens is 1610 g/mol. The SMILES string of the molecule is C[C@@H]1O[C@@H](O[C@H]2[C@H](OC(=O)[C@]34CCC(C)(C)CC3C3=CCC5[C@@]6(C)CC[C@H](O[C@@H]7O[C@H](C(=O)O)[C@@H](O)[C@H](O[C@@H]8OC[C@@H](O)[C@H](O)[C@H]8O)[C@H]7O[C@H]7O[C@H](CO)[C@H](O)[C@H](O)[C@H]7O)[C@@](C)(CO)C6CC[C@@]5(C)[C@]3(C)C[C@H]4O)O[C@H](CO)[C@H](NC(=O)CCCCCCCCCCCCO[C@@H]3O[C@@H](CO)[C@H](O)[C@H]3O)[C@@H]2O)[C@H](O)[C@H](O)[C@H]1O[C@H]1OC[C@@H](O)[C@H](O)[C@H]1O. The highest BCUT2D eigenvalue weighted by atomic mass is 16.8. The van der Waals surface area contributed by atoms with Gasteiger partial charge in [-0.1, -0.05) is 105 Å². The number of hydrogen-bond acceptors (Lipinski definition) is 37. The number of rotatable bonds is 32. The van der Waals surface area contributed by atoms with Crippen molar-refractivity contribution in [3.8, 4) is 0 Å². The second-order valence-corrected chi connectivity index (χ2v) is 37.9. The normalized spacial score (nSPS) is 49.2. The van der Waals surface area contributed by atoms with Crippen molar-refractivity contribution in [3.63, 3.8) is 0 Å². The number of carboxylic acids is 1. The number of ether oxygens (including phenoxy) is 14. The number of amides is 1. The Kier molecular flexibility index (Phi) is 31.8. The fourth-order valence-corrected chi connectivity index (χ4v) is 22.4. The Labute approximate surface area is 702 Å². The van der Waals surface area contributed by atoms with Crippen molar-refractivity contribution in [2.45, 2.75) is 386 Å². The highest BCUT2D eigenvalue weighted by molar-refractivity contribution is 5.80. The molecule has 0 aromatic rings. The summed E-state index contributed by atoms with van der Waals surface area (Å²) in [5, 5.41) is 234. The van der Waals surface area contributed by atoms with E-state index in [1.807, 2.05) is 6.92 Å². The summed E-state index contributed by atoms with van der Waals surface area (Å²) in [6, 6.07) is -1.46. The van der Waals surface area contributed by atoms with E-state index in [4.69, 9.17) is 66.3 Å². The number of fused-ring (bicyclic) bond motifs is 7. The summed E-state index contributed by atoms with van der Waals surface area (Å²) in [6.45, 7) is 10.4. The van der Waals surface area contributed by atoms with Crippen molar-refractivity contribution < 1.29 is 188 Å². The van der Waals surface area contributed by atoms with Gasteiger partial charge in [-0.15, -0.1) is 0 Å². The largest absolute Gasteiger partial charge is 0.479 e. The van der Waals surface area contributed by atoms with Gasteiger partial charge < -0.3 is 179 Å². The van der Waals surface area contributed by atoms with Crippen LogP contribution >= 0.6 is 0 Å². The summed E-state index contributed by atoms with van der Waals surface area (Å²) in [5.41, 5.74) is -4.68. The maximum Gasteiger partial charge on any atom is 0.335 e. The van der Waals surface area contributed by atoms with Crippen LogP contribution in [0.15, 0.2) is 11.6 Å². The molecule has 42 atom stereocenters. The topological polar surface area (TPSA) is 617 Å². The van der Waals surface area contributed by atoms with E-state index in [1.54, 1.807) is 0 Å². The van der Waals surface area contributed by atoms with Gasteiger partial charge in [0.05, 0.1) is 64.0 Å². The molecule has 7 aliphatic heterocycles. The van der Waals surface area contributed by atoms with Crippen molar-refractivity contribution in [2.24, 2.45) is 50.2 Å². The molecule has 3 unspecified atom stereocenters. The minimum absolute atomic E-state index is 0.00447. The zero-order chi connectivity index (χ0) is 88.1. The summed E-state index contributed by atoms with van der Waals surface area (Å²) in [5.74, 6) is -4.53. The fourth-order valence-electron chi connectivity index (χ4n) is 22.4. The maximum atomic E-state index is 16.2. The average Bonchev–Trinajstić information content (AvgIpc) is 0.980. The minimum Gasteiger partial charge on any atom is -0.479 e. The molecule has 7 heterocycles. The number of aliphatic hydroxyl groups is 20. The maximum absolute atomic E-state index is 16.2. The molecule has 0 radical (unpaired) electrons. The first-order chi connectivity index (χ1) is 57.2. The van der Waals surface area contributed by atoms with Crippen molar-refractivity contribution in [3.05, 3.63) is 11.6 Å². The zero-order valence-corrected chi connectivity index (χ0v) is 69.9. The second-order valence-electron chi connectivity index (χ2n) is 37.9. The van der Waals surface area contributed by atoms with E-state index in [1.165, 1.54) is 6.92 Å². The van der Waals surface area contributed by atoms with Crippen LogP contribution in [-0.4, -0.2) is 380 Å². The molecule has 0 aromatic carbocycles. The predicted molar refractivity (Wildman–Crippen MR) is 408 cm³/mol. The van der Waals surface area contributed by atoms with Gasteiger partial charge in [0, 0.05) is 18.4 Å².